The van der Waals surface area contributed by atoms with E-state index in [1.807, 2.05) is 0 Å². The lowest BCUT2D eigenvalue weighted by Gasteiger charge is -2.32. The molecule has 0 saturated carbocycles. The summed E-state index contributed by atoms with van der Waals surface area (Å²) in [7, 11) is 2.19. The van der Waals surface area contributed by atoms with Crippen LogP contribution < -0.4 is 5.32 Å². The molecule has 1 unspecified atom stereocenters. The van der Waals surface area contributed by atoms with E-state index in [1.54, 1.807) is 0 Å². The predicted octanol–water partition coefficient (Wildman–Crippen LogP) is 1.04. The molecule has 1 saturated heterocycles. The van der Waals surface area contributed by atoms with Gasteiger partial charge in [-0.2, -0.15) is 0 Å². The van der Waals surface area contributed by atoms with Crippen LogP contribution in [0.3, 0.4) is 0 Å². The zero-order chi connectivity index (χ0) is 7.61. The van der Waals surface area contributed by atoms with E-state index in [-0.39, 0.29) is 5.66 Å². The van der Waals surface area contributed by atoms with Crippen molar-refractivity contribution in [3.05, 3.63) is 0 Å². The van der Waals surface area contributed by atoms with Crippen LogP contribution >= 0.6 is 0 Å². The first-order valence-corrected chi connectivity index (χ1v) is 4.15. The topological polar surface area (TPSA) is 15.3 Å². The van der Waals surface area contributed by atoms with Crippen LogP contribution in [-0.2, 0) is 0 Å². The van der Waals surface area contributed by atoms with Crippen molar-refractivity contribution in [3.63, 3.8) is 0 Å². The summed E-state index contributed by atoms with van der Waals surface area (Å²) < 4.78 is 0. The molecule has 1 atom stereocenters. The quantitative estimate of drug-likeness (QED) is 0.619. The SMILES string of the molecule is CCNC1(C)CCCN1C. The Labute approximate surface area is 63.6 Å². The molecule has 1 fully saturated rings. The van der Waals surface area contributed by atoms with Gasteiger partial charge in [-0.1, -0.05) is 6.92 Å². The minimum absolute atomic E-state index is 0.286. The summed E-state index contributed by atoms with van der Waals surface area (Å²) in [5, 5.41) is 3.50. The van der Waals surface area contributed by atoms with Crippen LogP contribution in [0.15, 0.2) is 0 Å². The van der Waals surface area contributed by atoms with Crippen LogP contribution in [0.1, 0.15) is 26.7 Å². The lowest BCUT2D eigenvalue weighted by Crippen LogP contribution is -2.50. The van der Waals surface area contributed by atoms with Crippen molar-refractivity contribution in [2.45, 2.75) is 32.4 Å². The molecule has 0 aliphatic carbocycles. The fourth-order valence-corrected chi connectivity index (χ4v) is 1.70. The third-order valence-corrected chi connectivity index (χ3v) is 2.56. The molecule has 1 aliphatic heterocycles. The van der Waals surface area contributed by atoms with Crippen LogP contribution in [0.2, 0.25) is 0 Å². The molecule has 2 heteroatoms. The smallest absolute Gasteiger partial charge is 0.0681 e. The number of likely N-dealkylation sites (tertiary alicyclic amines) is 1. The van der Waals surface area contributed by atoms with E-state index in [0.29, 0.717) is 0 Å². The Bertz CT molecular complexity index is 114. The van der Waals surface area contributed by atoms with E-state index < -0.39 is 0 Å². The second kappa shape index (κ2) is 2.89. The van der Waals surface area contributed by atoms with E-state index in [9.17, 15) is 0 Å². The minimum atomic E-state index is 0.286. The number of nitrogens with one attached hydrogen (secondary N) is 1. The van der Waals surface area contributed by atoms with E-state index in [0.717, 1.165) is 6.54 Å². The summed E-state index contributed by atoms with van der Waals surface area (Å²) in [5.41, 5.74) is 0.286. The van der Waals surface area contributed by atoms with E-state index in [1.165, 1.54) is 19.4 Å². The maximum Gasteiger partial charge on any atom is 0.0681 e. The summed E-state index contributed by atoms with van der Waals surface area (Å²) >= 11 is 0. The largest absolute Gasteiger partial charge is 0.300 e. The Kier molecular flexibility index (Phi) is 2.32. The lowest BCUT2D eigenvalue weighted by atomic mass is 10.1. The Morgan fingerprint density at radius 1 is 1.60 bits per heavy atom. The van der Waals surface area contributed by atoms with Crippen LogP contribution in [-0.4, -0.2) is 30.7 Å². The van der Waals surface area contributed by atoms with Crippen LogP contribution in [0, 0.1) is 0 Å². The van der Waals surface area contributed by atoms with Gasteiger partial charge in [-0.25, -0.2) is 0 Å². The van der Waals surface area contributed by atoms with Crippen molar-refractivity contribution in [1.29, 1.82) is 0 Å². The Morgan fingerprint density at radius 2 is 2.30 bits per heavy atom. The highest BCUT2D eigenvalue weighted by molar-refractivity contribution is 4.86. The van der Waals surface area contributed by atoms with Gasteiger partial charge in [0.1, 0.15) is 0 Å². The number of rotatable bonds is 2. The number of hydrogen-bond donors (Lipinski definition) is 1. The Morgan fingerprint density at radius 3 is 2.70 bits per heavy atom. The molecular weight excluding hydrogens is 124 g/mol. The van der Waals surface area contributed by atoms with Crippen LogP contribution in [0.5, 0.6) is 0 Å². The van der Waals surface area contributed by atoms with Gasteiger partial charge in [0.15, 0.2) is 0 Å². The highest BCUT2D eigenvalue weighted by Crippen LogP contribution is 2.23. The summed E-state index contributed by atoms with van der Waals surface area (Å²) in [6, 6.07) is 0. The van der Waals surface area contributed by atoms with E-state index in [4.69, 9.17) is 0 Å². The van der Waals surface area contributed by atoms with Crippen molar-refractivity contribution in [2.75, 3.05) is 20.1 Å². The van der Waals surface area contributed by atoms with Crippen LogP contribution in [0.25, 0.3) is 0 Å². The fourth-order valence-electron chi connectivity index (χ4n) is 1.70. The minimum Gasteiger partial charge on any atom is -0.300 e. The van der Waals surface area contributed by atoms with Crippen LogP contribution in [0.4, 0.5) is 0 Å². The van der Waals surface area contributed by atoms with Gasteiger partial charge in [0.25, 0.3) is 0 Å². The second-order valence-electron chi connectivity index (χ2n) is 3.33. The highest BCUT2D eigenvalue weighted by atomic mass is 15.3. The molecular formula is C8H18N2. The number of hydrogen-bond acceptors (Lipinski definition) is 2. The first-order valence-electron chi connectivity index (χ1n) is 4.15. The van der Waals surface area contributed by atoms with Crippen molar-refractivity contribution in [2.24, 2.45) is 0 Å². The summed E-state index contributed by atoms with van der Waals surface area (Å²) in [6.07, 6.45) is 2.62. The molecule has 10 heavy (non-hydrogen) atoms. The van der Waals surface area contributed by atoms with Crippen molar-refractivity contribution >= 4 is 0 Å². The van der Waals surface area contributed by atoms with Crippen molar-refractivity contribution < 1.29 is 0 Å². The molecule has 0 radical (unpaired) electrons. The third kappa shape index (κ3) is 1.32. The lowest BCUT2D eigenvalue weighted by molar-refractivity contribution is 0.153. The molecule has 60 valence electrons. The van der Waals surface area contributed by atoms with Gasteiger partial charge in [0, 0.05) is 0 Å². The normalized spacial score (nSPS) is 35.1. The monoisotopic (exact) mass is 142 g/mol. The molecule has 0 bridgehead atoms. The molecule has 1 N–H and O–H groups in total. The molecule has 1 heterocycles. The van der Waals surface area contributed by atoms with Gasteiger partial charge in [-0.05, 0) is 39.9 Å². The zero-order valence-corrected chi connectivity index (χ0v) is 7.28. The zero-order valence-electron chi connectivity index (χ0n) is 7.28. The molecule has 0 aromatic heterocycles. The van der Waals surface area contributed by atoms with Crippen molar-refractivity contribution in [3.8, 4) is 0 Å². The first kappa shape index (κ1) is 8.02. The highest BCUT2D eigenvalue weighted by Gasteiger charge is 2.32. The third-order valence-electron chi connectivity index (χ3n) is 2.56. The standard InChI is InChI=1S/C8H18N2/c1-4-9-8(2)6-5-7-10(8)3/h9H,4-7H2,1-3H3. The van der Waals surface area contributed by atoms with Crippen molar-refractivity contribution in [1.82, 2.24) is 10.2 Å². The molecule has 0 amide bonds. The summed E-state index contributed by atoms with van der Waals surface area (Å²) in [5.74, 6) is 0. The van der Waals surface area contributed by atoms with Gasteiger partial charge < -0.3 is 0 Å². The molecule has 1 rings (SSSR count). The Balaban J connectivity index is 2.48. The average Bonchev–Trinajstić information content (AvgIpc) is 2.15. The van der Waals surface area contributed by atoms with Gasteiger partial charge in [0.2, 0.25) is 0 Å². The predicted molar refractivity (Wildman–Crippen MR) is 43.9 cm³/mol. The number of nitrogens with zero attached hydrogens (tertiary/aromatic N) is 1. The fraction of sp³-hybridized carbons (Fsp3) is 1.00. The summed E-state index contributed by atoms with van der Waals surface area (Å²) in [6.45, 7) is 6.76. The molecule has 2 nitrogen and oxygen atoms in total. The average molecular weight is 142 g/mol. The molecule has 0 aromatic carbocycles. The molecule has 0 spiro atoms. The van der Waals surface area contributed by atoms with E-state index >= 15 is 0 Å². The first-order chi connectivity index (χ1) is 4.69. The second-order valence-corrected chi connectivity index (χ2v) is 3.33. The van der Waals surface area contributed by atoms with Gasteiger partial charge >= 0.3 is 0 Å². The van der Waals surface area contributed by atoms with Gasteiger partial charge in [-0.15, -0.1) is 0 Å². The summed E-state index contributed by atoms with van der Waals surface area (Å²) in [4.78, 5) is 2.40. The van der Waals surface area contributed by atoms with Gasteiger partial charge in [-0.3, -0.25) is 10.2 Å². The molecule has 1 aliphatic rings. The van der Waals surface area contributed by atoms with E-state index in [2.05, 4.69) is 31.1 Å². The molecule has 0 aromatic rings. The maximum atomic E-state index is 3.50. The van der Waals surface area contributed by atoms with Gasteiger partial charge in [0.05, 0.1) is 5.66 Å². The Hall–Kier alpha value is -0.0800. The maximum absolute atomic E-state index is 3.50.